The average Bonchev–Trinajstić information content (AvgIpc) is 3.30. The van der Waals surface area contributed by atoms with Crippen molar-refractivity contribution >= 4 is 33.7 Å². The number of amides is 3. The molecule has 2 saturated heterocycles. The minimum Gasteiger partial charge on any atom is -0.320 e. The maximum Gasteiger partial charge on any atom is 0.327 e. The monoisotopic (exact) mass is 512 g/mol. The van der Waals surface area contributed by atoms with E-state index >= 15 is 0 Å². The molecule has 5 fully saturated rings. The van der Waals surface area contributed by atoms with Gasteiger partial charge in [0.15, 0.2) is 0 Å². The van der Waals surface area contributed by atoms with Crippen molar-refractivity contribution in [2.45, 2.75) is 100 Å². The predicted octanol–water partition coefficient (Wildman–Crippen LogP) is 2.75. The summed E-state index contributed by atoms with van der Waals surface area (Å²) in [7, 11) is -3.50. The summed E-state index contributed by atoms with van der Waals surface area (Å²) in [6.07, 6.45) is 5.28. The molecule has 8 nitrogen and oxygen atoms in total. The van der Waals surface area contributed by atoms with Crippen LogP contribution in [0.4, 0.5) is 4.79 Å². The molecule has 0 aromatic heterocycles. The summed E-state index contributed by atoms with van der Waals surface area (Å²) < 4.78 is 29.2. The smallest absolute Gasteiger partial charge is 0.320 e. The lowest BCUT2D eigenvalue weighted by molar-refractivity contribution is -0.141. The highest BCUT2D eigenvalue weighted by atomic mass is 32.2. The van der Waals surface area contributed by atoms with Crippen molar-refractivity contribution < 1.29 is 18.0 Å². The van der Waals surface area contributed by atoms with Gasteiger partial charge in [0.1, 0.15) is 0 Å². The van der Waals surface area contributed by atoms with Crippen molar-refractivity contribution in [1.29, 1.82) is 0 Å². The largest absolute Gasteiger partial charge is 0.327 e. The molecule has 2 aliphatic heterocycles. The Kier molecular flexibility index (Phi) is 6.30. The number of nitrogens with zero attached hydrogens (tertiary/aromatic N) is 2. The molecule has 5 atom stereocenters. The van der Waals surface area contributed by atoms with Crippen LogP contribution >= 0.6 is 11.8 Å². The molecule has 34 heavy (non-hydrogen) atoms. The van der Waals surface area contributed by atoms with Crippen LogP contribution in [0, 0.1) is 17.3 Å². The molecule has 3 saturated carbocycles. The first kappa shape index (κ1) is 24.8. The molecule has 5 unspecified atom stereocenters. The summed E-state index contributed by atoms with van der Waals surface area (Å²) in [6, 6.07) is -0.350. The summed E-state index contributed by atoms with van der Waals surface area (Å²) >= 11 is 1.76. The minimum absolute atomic E-state index is 0.166. The Morgan fingerprint density at radius 2 is 1.82 bits per heavy atom. The molecule has 0 aromatic rings. The number of carbonyl (C=O) groups excluding carboxylic acids is 2. The summed E-state index contributed by atoms with van der Waals surface area (Å²) in [5.74, 6) is -0.155. The highest BCUT2D eigenvalue weighted by Crippen LogP contribution is 2.47. The average molecular weight is 513 g/mol. The van der Waals surface area contributed by atoms with Gasteiger partial charge in [0.2, 0.25) is 15.9 Å². The molecule has 3 amide bonds. The molecule has 0 aromatic carbocycles. The first-order valence-corrected chi connectivity index (χ1v) is 15.4. The zero-order valence-corrected chi connectivity index (χ0v) is 22.5. The van der Waals surface area contributed by atoms with Crippen LogP contribution in [0.25, 0.3) is 0 Å². The number of rotatable bonds is 7. The third-order valence-electron chi connectivity index (χ3n) is 8.61. The zero-order chi connectivity index (χ0) is 24.5. The van der Waals surface area contributed by atoms with Crippen LogP contribution in [0.3, 0.4) is 0 Å². The second-order valence-corrected chi connectivity index (χ2v) is 16.1. The number of thioether (sulfide) groups is 1. The quantitative estimate of drug-likeness (QED) is 0.544. The molecule has 0 bridgehead atoms. The molecule has 2 heterocycles. The van der Waals surface area contributed by atoms with Crippen LogP contribution in [0.15, 0.2) is 0 Å². The number of hydrogen-bond acceptors (Lipinski definition) is 6. The fourth-order valence-corrected chi connectivity index (χ4v) is 9.79. The maximum atomic E-state index is 13.7. The van der Waals surface area contributed by atoms with Crippen LogP contribution < -0.4 is 10.0 Å². The van der Waals surface area contributed by atoms with Gasteiger partial charge in [0.05, 0.1) is 16.5 Å². The highest BCUT2D eigenvalue weighted by molar-refractivity contribution is 8.00. The molecule has 0 spiro atoms. The van der Waals surface area contributed by atoms with Crippen molar-refractivity contribution in [2.24, 2.45) is 17.3 Å². The van der Waals surface area contributed by atoms with Gasteiger partial charge < -0.3 is 10.2 Å². The van der Waals surface area contributed by atoms with Crippen LogP contribution in [-0.2, 0) is 14.8 Å². The molecule has 5 rings (SSSR count). The molecule has 10 heteroatoms. The fourth-order valence-electron chi connectivity index (χ4n) is 6.63. The lowest BCUT2D eigenvalue weighted by Crippen LogP contribution is -2.66. The Morgan fingerprint density at radius 1 is 1.12 bits per heavy atom. The molecule has 2 N–H and O–H groups in total. The predicted molar refractivity (Wildman–Crippen MR) is 134 cm³/mol. The molecule has 0 radical (unpaired) electrons. The maximum absolute atomic E-state index is 13.7. The van der Waals surface area contributed by atoms with Crippen LogP contribution in [0.5, 0.6) is 0 Å². The van der Waals surface area contributed by atoms with E-state index in [2.05, 4.69) is 30.8 Å². The lowest BCUT2D eigenvalue weighted by atomic mass is 9.64. The van der Waals surface area contributed by atoms with E-state index in [9.17, 15) is 18.0 Å². The van der Waals surface area contributed by atoms with Gasteiger partial charge in [-0.15, -0.1) is 11.8 Å². The highest BCUT2D eigenvalue weighted by Gasteiger charge is 2.53. The summed E-state index contributed by atoms with van der Waals surface area (Å²) in [6.45, 7) is 10.4. The number of sulfonamides is 1. The van der Waals surface area contributed by atoms with Gasteiger partial charge in [-0.2, -0.15) is 0 Å². The Bertz CT molecular complexity index is 943. The van der Waals surface area contributed by atoms with Gasteiger partial charge in [0, 0.05) is 36.5 Å². The summed E-state index contributed by atoms with van der Waals surface area (Å²) in [5.41, 5.74) is -0.00224. The second kappa shape index (κ2) is 8.63. The van der Waals surface area contributed by atoms with Gasteiger partial charge in [-0.05, 0) is 70.1 Å². The first-order chi connectivity index (χ1) is 15.9. The Hall–Kier alpha value is -0.840. The SMILES string of the molecule is CC1NCC(CN2C(=O)C3CC(S(=O)(=O)NC4(C)CC4)CCC3N(CC3CC(C)(C)C3)C2=O)S1. The number of imide groups is 1. The molecule has 192 valence electrons. The Labute approximate surface area is 208 Å². The van der Waals surface area contributed by atoms with E-state index in [4.69, 9.17) is 0 Å². The summed E-state index contributed by atoms with van der Waals surface area (Å²) in [5, 5.41) is 3.29. The molecule has 5 aliphatic rings. The Balaban J connectivity index is 1.35. The number of nitrogens with one attached hydrogen (secondary N) is 2. The van der Waals surface area contributed by atoms with Crippen LogP contribution in [0.1, 0.15) is 72.6 Å². The molecular weight excluding hydrogens is 472 g/mol. The van der Waals surface area contributed by atoms with E-state index < -0.39 is 21.2 Å². The van der Waals surface area contributed by atoms with E-state index in [1.165, 1.54) is 4.90 Å². The van der Waals surface area contributed by atoms with E-state index in [-0.39, 0.29) is 28.8 Å². The topological polar surface area (TPSA) is 98.8 Å². The van der Waals surface area contributed by atoms with Gasteiger partial charge in [-0.3, -0.25) is 9.69 Å². The van der Waals surface area contributed by atoms with Gasteiger partial charge >= 0.3 is 6.03 Å². The minimum atomic E-state index is -3.50. The van der Waals surface area contributed by atoms with Crippen molar-refractivity contribution in [1.82, 2.24) is 19.8 Å². The van der Waals surface area contributed by atoms with E-state index in [1.807, 2.05) is 11.8 Å². The van der Waals surface area contributed by atoms with Gasteiger partial charge in [0.25, 0.3) is 0 Å². The molecule has 3 aliphatic carbocycles. The number of urea groups is 1. The standard InChI is InChI=1S/C24H40N4O4S2/c1-15-25-12-17(33-15)14-28-21(29)19-9-18(34(31,32)26-24(4)7-8-24)5-6-20(19)27(22(28)30)13-16-10-23(2,3)11-16/h15-20,25-26H,5-14H2,1-4H3. The third kappa shape index (κ3) is 4.89. The number of fused-ring (bicyclic) bond motifs is 1. The van der Waals surface area contributed by atoms with Crippen LogP contribution in [-0.4, -0.2) is 77.2 Å². The van der Waals surface area contributed by atoms with Crippen LogP contribution in [0.2, 0.25) is 0 Å². The molecular formula is C24H40N4O4S2. The lowest BCUT2D eigenvalue weighted by Gasteiger charge is -2.52. The first-order valence-electron chi connectivity index (χ1n) is 12.9. The fraction of sp³-hybridized carbons (Fsp3) is 0.917. The van der Waals surface area contributed by atoms with Crippen molar-refractivity contribution in [2.75, 3.05) is 19.6 Å². The normalized spacial score (nSPS) is 37.5. The third-order valence-corrected chi connectivity index (χ3v) is 12.0. The van der Waals surface area contributed by atoms with E-state index in [0.717, 1.165) is 32.2 Å². The summed E-state index contributed by atoms with van der Waals surface area (Å²) in [4.78, 5) is 30.7. The van der Waals surface area contributed by atoms with Gasteiger partial charge in [-0.1, -0.05) is 13.8 Å². The van der Waals surface area contributed by atoms with Crippen molar-refractivity contribution in [3.8, 4) is 0 Å². The van der Waals surface area contributed by atoms with Crippen molar-refractivity contribution in [3.05, 3.63) is 0 Å². The van der Waals surface area contributed by atoms with Gasteiger partial charge in [-0.25, -0.2) is 17.9 Å². The van der Waals surface area contributed by atoms with E-state index in [1.54, 1.807) is 11.8 Å². The number of hydrogen-bond donors (Lipinski definition) is 2. The van der Waals surface area contributed by atoms with Crippen molar-refractivity contribution in [3.63, 3.8) is 0 Å². The second-order valence-electron chi connectivity index (χ2n) is 12.4. The zero-order valence-electron chi connectivity index (χ0n) is 20.9. The number of carbonyl (C=O) groups is 2. The Morgan fingerprint density at radius 3 is 2.41 bits per heavy atom. The van der Waals surface area contributed by atoms with E-state index in [0.29, 0.717) is 49.1 Å².